The molecule has 0 atom stereocenters. The fraction of sp³-hybridized carbons (Fsp3) is 0.125. The summed E-state index contributed by atoms with van der Waals surface area (Å²) in [6.45, 7) is 2.05. The zero-order chi connectivity index (χ0) is 11.2. The zero-order valence-corrected chi connectivity index (χ0v) is 9.56. The predicted octanol–water partition coefficient (Wildman–Crippen LogP) is 4.31. The third-order valence-electron chi connectivity index (χ3n) is 2.56. The van der Waals surface area contributed by atoms with Crippen molar-refractivity contribution in [1.82, 2.24) is 0 Å². The van der Waals surface area contributed by atoms with Gasteiger partial charge in [-0.05, 0) is 30.0 Å². The van der Waals surface area contributed by atoms with Gasteiger partial charge in [-0.1, -0.05) is 66.7 Å². The molecule has 0 heterocycles. The summed E-state index contributed by atoms with van der Waals surface area (Å²) in [6, 6.07) is 19.2. The lowest BCUT2D eigenvalue weighted by molar-refractivity contribution is 1.19. The van der Waals surface area contributed by atoms with E-state index in [0.29, 0.717) is 0 Å². The summed E-state index contributed by atoms with van der Waals surface area (Å²) in [6.07, 6.45) is 5.21. The van der Waals surface area contributed by atoms with Crippen molar-refractivity contribution in [2.24, 2.45) is 0 Å². The summed E-state index contributed by atoms with van der Waals surface area (Å²) >= 11 is 0. The van der Waals surface area contributed by atoms with Crippen LogP contribution < -0.4 is 0 Å². The molecule has 0 heteroatoms. The number of benzene rings is 2. The Morgan fingerprint density at radius 2 is 1.62 bits per heavy atom. The molecule has 0 amide bonds. The molecule has 0 saturated heterocycles. The third-order valence-corrected chi connectivity index (χ3v) is 2.56. The average Bonchev–Trinajstić information content (AvgIpc) is 2.31. The van der Waals surface area contributed by atoms with Crippen molar-refractivity contribution in [2.75, 3.05) is 0 Å². The summed E-state index contributed by atoms with van der Waals surface area (Å²) in [7, 11) is 0. The molecule has 2 rings (SSSR count). The summed E-state index contributed by atoms with van der Waals surface area (Å²) in [5, 5.41) is 0. The molecule has 0 spiro atoms. The maximum atomic E-state index is 2.24. The highest BCUT2D eigenvalue weighted by Crippen LogP contribution is 2.12. The number of hydrogen-bond donors (Lipinski definition) is 0. The highest BCUT2D eigenvalue weighted by Gasteiger charge is 1.95. The molecule has 2 aromatic rings. The first-order valence-corrected chi connectivity index (χ1v) is 5.64. The average molecular weight is 208 g/mol. The fourth-order valence-electron chi connectivity index (χ4n) is 1.83. The van der Waals surface area contributed by atoms with Crippen molar-refractivity contribution in [3.8, 4) is 0 Å². The molecule has 2 aromatic carbocycles. The van der Waals surface area contributed by atoms with Crippen molar-refractivity contribution < 1.29 is 0 Å². The van der Waals surface area contributed by atoms with Crippen molar-refractivity contribution in [3.63, 3.8) is 0 Å². The Kier molecular flexibility index (Phi) is 3.55. The SMILES string of the molecule is C/C=C/c1cccc(Cc2ccccc2)c1. The fourth-order valence-corrected chi connectivity index (χ4v) is 1.83. The van der Waals surface area contributed by atoms with Crippen LogP contribution in [-0.4, -0.2) is 0 Å². The topological polar surface area (TPSA) is 0 Å². The van der Waals surface area contributed by atoms with Gasteiger partial charge >= 0.3 is 0 Å². The van der Waals surface area contributed by atoms with E-state index in [1.165, 1.54) is 16.7 Å². The highest BCUT2D eigenvalue weighted by atomic mass is 14.0. The predicted molar refractivity (Wildman–Crippen MR) is 70.4 cm³/mol. The maximum absolute atomic E-state index is 2.24. The molecule has 0 aliphatic carbocycles. The van der Waals surface area contributed by atoms with Crippen LogP contribution in [0.4, 0.5) is 0 Å². The van der Waals surface area contributed by atoms with Gasteiger partial charge in [-0.3, -0.25) is 0 Å². The van der Waals surface area contributed by atoms with E-state index < -0.39 is 0 Å². The van der Waals surface area contributed by atoms with Crippen molar-refractivity contribution in [3.05, 3.63) is 77.4 Å². The molecule has 0 fully saturated rings. The van der Waals surface area contributed by atoms with Gasteiger partial charge in [0.05, 0.1) is 0 Å². The van der Waals surface area contributed by atoms with E-state index in [0.717, 1.165) is 6.42 Å². The molecule has 0 unspecified atom stereocenters. The second kappa shape index (κ2) is 5.32. The van der Waals surface area contributed by atoms with Crippen LogP contribution in [0.1, 0.15) is 23.6 Å². The van der Waals surface area contributed by atoms with E-state index >= 15 is 0 Å². The van der Waals surface area contributed by atoms with Gasteiger partial charge in [0.1, 0.15) is 0 Å². The van der Waals surface area contributed by atoms with Crippen LogP contribution >= 0.6 is 0 Å². The Balaban J connectivity index is 2.19. The number of allylic oxidation sites excluding steroid dienone is 1. The normalized spacial score (nSPS) is 10.8. The Hall–Kier alpha value is -1.82. The van der Waals surface area contributed by atoms with Gasteiger partial charge in [0.15, 0.2) is 0 Å². The molecule has 0 bridgehead atoms. The minimum atomic E-state index is 1.01. The van der Waals surface area contributed by atoms with Crippen LogP contribution in [0.5, 0.6) is 0 Å². The summed E-state index contributed by atoms with van der Waals surface area (Å²) in [5.41, 5.74) is 4.00. The van der Waals surface area contributed by atoms with Crippen LogP contribution in [0.25, 0.3) is 6.08 Å². The van der Waals surface area contributed by atoms with E-state index in [9.17, 15) is 0 Å². The van der Waals surface area contributed by atoms with Gasteiger partial charge in [0.25, 0.3) is 0 Å². The maximum Gasteiger partial charge on any atom is -0.00256 e. The van der Waals surface area contributed by atoms with E-state index in [4.69, 9.17) is 0 Å². The van der Waals surface area contributed by atoms with E-state index in [1.54, 1.807) is 0 Å². The first-order valence-electron chi connectivity index (χ1n) is 5.64. The lowest BCUT2D eigenvalue weighted by Crippen LogP contribution is -1.87. The van der Waals surface area contributed by atoms with Gasteiger partial charge in [-0.15, -0.1) is 0 Å². The second-order valence-corrected chi connectivity index (χ2v) is 3.91. The van der Waals surface area contributed by atoms with Crippen LogP contribution in [0, 0.1) is 0 Å². The van der Waals surface area contributed by atoms with Crippen molar-refractivity contribution in [1.29, 1.82) is 0 Å². The Labute approximate surface area is 97.3 Å². The minimum absolute atomic E-state index is 1.01. The molecule has 0 aromatic heterocycles. The molecule has 0 radical (unpaired) electrons. The zero-order valence-electron chi connectivity index (χ0n) is 9.56. The molecule has 0 N–H and O–H groups in total. The minimum Gasteiger partial charge on any atom is -0.0871 e. The van der Waals surface area contributed by atoms with Crippen LogP contribution in [0.15, 0.2) is 60.7 Å². The molecular weight excluding hydrogens is 192 g/mol. The summed E-state index contributed by atoms with van der Waals surface area (Å²) < 4.78 is 0. The standard InChI is InChI=1S/C16H16/c1-2-7-14-10-6-11-16(12-14)13-15-8-4-3-5-9-15/h2-12H,13H2,1H3/b7-2+. The Morgan fingerprint density at radius 1 is 0.875 bits per heavy atom. The second-order valence-electron chi connectivity index (χ2n) is 3.91. The third kappa shape index (κ3) is 2.83. The molecule has 0 nitrogen and oxygen atoms in total. The van der Waals surface area contributed by atoms with Crippen LogP contribution in [0.3, 0.4) is 0 Å². The molecular formula is C16H16. The largest absolute Gasteiger partial charge is 0.0871 e. The molecule has 0 saturated carbocycles. The lowest BCUT2D eigenvalue weighted by Gasteiger charge is -2.03. The Morgan fingerprint density at radius 3 is 2.38 bits per heavy atom. The smallest absolute Gasteiger partial charge is 0.00256 e. The van der Waals surface area contributed by atoms with Gasteiger partial charge in [-0.2, -0.15) is 0 Å². The first kappa shape index (κ1) is 10.7. The van der Waals surface area contributed by atoms with Crippen LogP contribution in [0.2, 0.25) is 0 Å². The monoisotopic (exact) mass is 208 g/mol. The number of rotatable bonds is 3. The van der Waals surface area contributed by atoms with Gasteiger partial charge in [0.2, 0.25) is 0 Å². The first-order chi connectivity index (χ1) is 7.88. The molecule has 16 heavy (non-hydrogen) atoms. The Bertz CT molecular complexity index is 466. The quantitative estimate of drug-likeness (QED) is 0.705. The highest BCUT2D eigenvalue weighted by molar-refractivity contribution is 5.50. The van der Waals surface area contributed by atoms with Gasteiger partial charge in [-0.25, -0.2) is 0 Å². The van der Waals surface area contributed by atoms with Gasteiger partial charge < -0.3 is 0 Å². The van der Waals surface area contributed by atoms with E-state index in [2.05, 4.69) is 66.7 Å². The van der Waals surface area contributed by atoms with Crippen molar-refractivity contribution in [2.45, 2.75) is 13.3 Å². The molecule has 80 valence electrons. The van der Waals surface area contributed by atoms with Gasteiger partial charge in [0, 0.05) is 0 Å². The summed E-state index contributed by atoms with van der Waals surface area (Å²) in [5.74, 6) is 0. The van der Waals surface area contributed by atoms with E-state index in [1.807, 2.05) is 6.92 Å². The lowest BCUT2D eigenvalue weighted by atomic mass is 10.0. The number of hydrogen-bond acceptors (Lipinski definition) is 0. The van der Waals surface area contributed by atoms with Crippen LogP contribution in [-0.2, 0) is 6.42 Å². The van der Waals surface area contributed by atoms with Crippen molar-refractivity contribution >= 4 is 6.08 Å². The summed E-state index contributed by atoms with van der Waals surface area (Å²) in [4.78, 5) is 0. The molecule has 0 aliphatic rings. The van der Waals surface area contributed by atoms with E-state index in [-0.39, 0.29) is 0 Å². The molecule has 0 aliphatic heterocycles.